The summed E-state index contributed by atoms with van der Waals surface area (Å²) in [5.41, 5.74) is 0. The monoisotopic (exact) mass is 147 g/mol. The van der Waals surface area contributed by atoms with E-state index in [1.165, 1.54) is 0 Å². The van der Waals surface area contributed by atoms with Crippen LogP contribution in [0.25, 0.3) is 0 Å². The first-order valence-electron chi connectivity index (χ1n) is 3.66. The van der Waals surface area contributed by atoms with Gasteiger partial charge in [0, 0.05) is 13.0 Å². The van der Waals surface area contributed by atoms with Crippen LogP contribution in [-0.4, -0.2) is 19.7 Å². The summed E-state index contributed by atoms with van der Waals surface area (Å²) in [6.45, 7) is 4.54. The van der Waals surface area contributed by atoms with E-state index in [1.54, 1.807) is 0 Å². The molecule has 0 heterocycles. The fourth-order valence-corrected chi connectivity index (χ4v) is 0.526. The molecule has 0 saturated carbocycles. The molecule has 0 aliphatic heterocycles. The molecule has 10 heavy (non-hydrogen) atoms. The number of hydrogen-bond acceptors (Lipinski definition) is 2. The van der Waals surface area contributed by atoms with Crippen molar-refractivity contribution >= 4 is 0 Å². The Kier molecular flexibility index (Phi) is 6.91. The Bertz CT molecular complexity index is 65.9. The van der Waals surface area contributed by atoms with E-state index >= 15 is 0 Å². The molecule has 0 aromatic rings. The van der Waals surface area contributed by atoms with Crippen molar-refractivity contribution in [3.05, 3.63) is 0 Å². The highest BCUT2D eigenvalue weighted by Gasteiger charge is 2.02. The molecule has 0 amide bonds. The Hall–Kier alpha value is -0.120. The second kappa shape index (κ2) is 6.99. The summed E-state index contributed by atoms with van der Waals surface area (Å²) < 4.78 is 9.57. The lowest BCUT2D eigenvalue weighted by atomic mass is 10.3. The fourth-order valence-electron chi connectivity index (χ4n) is 0.526. The Morgan fingerprint density at radius 3 is 2.60 bits per heavy atom. The number of rotatable bonds is 6. The van der Waals surface area contributed by atoms with Gasteiger partial charge in [-0.1, -0.05) is 13.3 Å². The first-order chi connectivity index (χ1) is 4.81. The van der Waals surface area contributed by atoms with E-state index in [0.717, 1.165) is 6.42 Å². The van der Waals surface area contributed by atoms with Gasteiger partial charge in [-0.25, -0.2) is 5.11 Å². The molecule has 0 fully saturated rings. The van der Waals surface area contributed by atoms with Crippen molar-refractivity contribution in [3.63, 3.8) is 0 Å². The third-order valence-electron chi connectivity index (χ3n) is 1.07. The third-order valence-corrected chi connectivity index (χ3v) is 1.07. The molecule has 3 heteroatoms. The molecular weight excluding hydrogens is 132 g/mol. The molecule has 0 N–H and O–H groups in total. The van der Waals surface area contributed by atoms with E-state index in [4.69, 9.17) is 9.47 Å². The quantitative estimate of drug-likeness (QED) is 0.422. The summed E-state index contributed by atoms with van der Waals surface area (Å²) in [6, 6.07) is 0. The molecule has 0 rings (SSSR count). The van der Waals surface area contributed by atoms with Crippen LogP contribution in [-0.2, 0) is 14.6 Å². The predicted molar refractivity (Wildman–Crippen MR) is 37.0 cm³/mol. The van der Waals surface area contributed by atoms with E-state index in [0.29, 0.717) is 13.0 Å². The number of ether oxygens (including phenoxy) is 2. The molecule has 0 aliphatic rings. The Balaban J connectivity index is 2.97. The van der Waals surface area contributed by atoms with Crippen molar-refractivity contribution in [1.29, 1.82) is 0 Å². The maximum Gasteiger partial charge on any atom is 0.194 e. The average molecular weight is 147 g/mol. The number of hydrogen-bond donors (Lipinski definition) is 0. The van der Waals surface area contributed by atoms with E-state index in [2.05, 4.69) is 0 Å². The molecule has 0 bridgehead atoms. The SMILES string of the molecule is CCCC([O])OCOCC. The maximum atomic E-state index is 10.7. The summed E-state index contributed by atoms with van der Waals surface area (Å²) in [5, 5.41) is 10.7. The Morgan fingerprint density at radius 2 is 2.10 bits per heavy atom. The molecule has 1 atom stereocenters. The van der Waals surface area contributed by atoms with Crippen LogP contribution in [0.3, 0.4) is 0 Å². The molecule has 61 valence electrons. The molecule has 0 spiro atoms. The van der Waals surface area contributed by atoms with Crippen LogP contribution in [0, 0.1) is 0 Å². The van der Waals surface area contributed by atoms with Crippen molar-refractivity contribution in [1.82, 2.24) is 0 Å². The average Bonchev–Trinajstić information content (AvgIpc) is 1.89. The summed E-state index contributed by atoms with van der Waals surface area (Å²) in [6.07, 6.45) is 0.518. The second-order valence-electron chi connectivity index (χ2n) is 2.00. The van der Waals surface area contributed by atoms with E-state index in [1.807, 2.05) is 13.8 Å². The first-order valence-corrected chi connectivity index (χ1v) is 3.66. The molecule has 0 aliphatic carbocycles. The normalized spacial score (nSPS) is 13.5. The van der Waals surface area contributed by atoms with E-state index < -0.39 is 6.29 Å². The van der Waals surface area contributed by atoms with Crippen LogP contribution in [0.4, 0.5) is 0 Å². The van der Waals surface area contributed by atoms with Gasteiger partial charge in [0.2, 0.25) is 0 Å². The first kappa shape index (κ1) is 9.88. The highest BCUT2D eigenvalue weighted by Crippen LogP contribution is 1.97. The molecule has 0 saturated heterocycles. The van der Waals surface area contributed by atoms with Gasteiger partial charge in [-0.3, -0.25) is 0 Å². The molecular formula is C7H15O3. The van der Waals surface area contributed by atoms with Gasteiger partial charge >= 0.3 is 0 Å². The zero-order chi connectivity index (χ0) is 7.82. The maximum absolute atomic E-state index is 10.7. The molecule has 0 aromatic heterocycles. The van der Waals surface area contributed by atoms with Gasteiger partial charge in [0.15, 0.2) is 6.29 Å². The van der Waals surface area contributed by atoms with Gasteiger partial charge < -0.3 is 9.47 Å². The minimum absolute atomic E-state index is 0.130. The van der Waals surface area contributed by atoms with Crippen LogP contribution in [0.5, 0.6) is 0 Å². The minimum atomic E-state index is -0.906. The van der Waals surface area contributed by atoms with Gasteiger partial charge in [0.1, 0.15) is 6.79 Å². The highest BCUT2D eigenvalue weighted by molar-refractivity contribution is 4.35. The van der Waals surface area contributed by atoms with Crippen molar-refractivity contribution < 1.29 is 14.6 Å². The van der Waals surface area contributed by atoms with Crippen molar-refractivity contribution in [3.8, 4) is 0 Å². The van der Waals surface area contributed by atoms with E-state index in [9.17, 15) is 5.11 Å². The summed E-state index contributed by atoms with van der Waals surface area (Å²) >= 11 is 0. The summed E-state index contributed by atoms with van der Waals surface area (Å²) in [5.74, 6) is 0. The van der Waals surface area contributed by atoms with Crippen LogP contribution in [0.15, 0.2) is 0 Å². The Labute approximate surface area is 62.0 Å². The second-order valence-corrected chi connectivity index (χ2v) is 2.00. The van der Waals surface area contributed by atoms with Crippen LogP contribution in [0.2, 0.25) is 0 Å². The zero-order valence-electron chi connectivity index (χ0n) is 6.63. The zero-order valence-corrected chi connectivity index (χ0v) is 6.63. The third kappa shape index (κ3) is 6.01. The van der Waals surface area contributed by atoms with Gasteiger partial charge in [-0.05, 0) is 6.92 Å². The lowest BCUT2D eigenvalue weighted by Crippen LogP contribution is -2.12. The van der Waals surface area contributed by atoms with Gasteiger partial charge in [0.25, 0.3) is 0 Å². The lowest BCUT2D eigenvalue weighted by Gasteiger charge is -2.07. The molecule has 1 radical (unpaired) electrons. The largest absolute Gasteiger partial charge is 0.356 e. The molecule has 3 nitrogen and oxygen atoms in total. The van der Waals surface area contributed by atoms with Crippen LogP contribution >= 0.6 is 0 Å². The van der Waals surface area contributed by atoms with Crippen molar-refractivity contribution in [2.24, 2.45) is 0 Å². The van der Waals surface area contributed by atoms with Crippen molar-refractivity contribution in [2.45, 2.75) is 33.0 Å². The summed E-state index contributed by atoms with van der Waals surface area (Å²) in [4.78, 5) is 0. The van der Waals surface area contributed by atoms with Gasteiger partial charge in [-0.2, -0.15) is 0 Å². The smallest absolute Gasteiger partial charge is 0.194 e. The molecule has 1 unspecified atom stereocenters. The van der Waals surface area contributed by atoms with Crippen LogP contribution < -0.4 is 0 Å². The standard InChI is InChI=1S/C7H15O3/c1-3-5-7(8)10-6-9-4-2/h7H,3-6H2,1-2H3. The molecule has 0 aromatic carbocycles. The predicted octanol–water partition coefficient (Wildman–Crippen LogP) is 1.55. The Morgan fingerprint density at radius 1 is 1.40 bits per heavy atom. The van der Waals surface area contributed by atoms with Gasteiger partial charge in [-0.15, -0.1) is 0 Å². The van der Waals surface area contributed by atoms with Gasteiger partial charge in [0.05, 0.1) is 0 Å². The fraction of sp³-hybridized carbons (Fsp3) is 1.00. The van der Waals surface area contributed by atoms with Crippen LogP contribution in [0.1, 0.15) is 26.7 Å². The lowest BCUT2D eigenvalue weighted by molar-refractivity contribution is -0.196. The van der Waals surface area contributed by atoms with Crippen molar-refractivity contribution in [2.75, 3.05) is 13.4 Å². The minimum Gasteiger partial charge on any atom is -0.356 e. The highest BCUT2D eigenvalue weighted by atomic mass is 16.7. The topological polar surface area (TPSA) is 38.4 Å². The summed E-state index contributed by atoms with van der Waals surface area (Å²) in [7, 11) is 0. The van der Waals surface area contributed by atoms with E-state index in [-0.39, 0.29) is 6.79 Å².